The van der Waals surface area contributed by atoms with Crippen molar-refractivity contribution < 1.29 is 9.84 Å². The Morgan fingerprint density at radius 1 is 0.750 bits per heavy atom. The zero-order chi connectivity index (χ0) is 19.9. The fourth-order valence-corrected chi connectivity index (χ4v) is 3.76. The summed E-state index contributed by atoms with van der Waals surface area (Å²) in [6, 6.07) is 10.5. The second-order valence-electron chi connectivity index (χ2n) is 7.78. The fraction of sp³-hybridized carbons (Fsp3) is 0.640. The lowest BCUT2D eigenvalue weighted by atomic mass is 10.0. The fourth-order valence-electron chi connectivity index (χ4n) is 3.76. The summed E-state index contributed by atoms with van der Waals surface area (Å²) in [6.45, 7) is 3.04. The van der Waals surface area contributed by atoms with E-state index in [1.54, 1.807) is 0 Å². The standard InChI is InChI=1S/C25H39NO2/c1-2-28-24-18-15-16-22-19-20-23(26-25(22)24)17-13-11-9-7-5-3-4-6-8-10-12-14-21-27/h15-16,18-20,27H,2-14,17,21H2,1H3. The highest BCUT2D eigenvalue weighted by Gasteiger charge is 2.05. The molecule has 3 nitrogen and oxygen atoms in total. The molecule has 156 valence electrons. The number of aliphatic hydroxyl groups excluding tert-OH is 1. The molecule has 1 heterocycles. The molecule has 2 aromatic rings. The van der Waals surface area contributed by atoms with Crippen molar-refractivity contribution in [3.8, 4) is 5.75 Å². The van der Waals surface area contributed by atoms with E-state index in [9.17, 15) is 0 Å². The van der Waals surface area contributed by atoms with Gasteiger partial charge in [-0.3, -0.25) is 0 Å². The lowest BCUT2D eigenvalue weighted by Gasteiger charge is -2.08. The normalized spacial score (nSPS) is 11.2. The number of hydrogen-bond acceptors (Lipinski definition) is 3. The smallest absolute Gasteiger partial charge is 0.145 e. The molecule has 1 aromatic carbocycles. The minimum atomic E-state index is 0.352. The maximum absolute atomic E-state index is 8.76. The van der Waals surface area contributed by atoms with Crippen LogP contribution in [0.3, 0.4) is 0 Å². The summed E-state index contributed by atoms with van der Waals surface area (Å²) in [5.74, 6) is 0.898. The highest BCUT2D eigenvalue weighted by molar-refractivity contribution is 5.84. The number of aromatic nitrogens is 1. The van der Waals surface area contributed by atoms with E-state index in [1.807, 2.05) is 19.1 Å². The van der Waals surface area contributed by atoms with Gasteiger partial charge in [-0.1, -0.05) is 82.4 Å². The van der Waals surface area contributed by atoms with E-state index in [0.29, 0.717) is 13.2 Å². The molecule has 0 aliphatic carbocycles. The van der Waals surface area contributed by atoms with Crippen LogP contribution in [0.15, 0.2) is 30.3 Å². The van der Waals surface area contributed by atoms with Gasteiger partial charge in [0, 0.05) is 17.7 Å². The van der Waals surface area contributed by atoms with Crippen LogP contribution >= 0.6 is 0 Å². The van der Waals surface area contributed by atoms with Crippen molar-refractivity contribution in [1.29, 1.82) is 0 Å². The third kappa shape index (κ3) is 8.60. The molecule has 0 bridgehead atoms. The van der Waals surface area contributed by atoms with Crippen molar-refractivity contribution in [2.45, 2.75) is 90.4 Å². The van der Waals surface area contributed by atoms with Crippen LogP contribution in [0.2, 0.25) is 0 Å². The summed E-state index contributed by atoms with van der Waals surface area (Å²) < 4.78 is 5.72. The van der Waals surface area contributed by atoms with E-state index in [1.165, 1.54) is 76.3 Å². The topological polar surface area (TPSA) is 42.4 Å². The Kier molecular flexibility index (Phi) is 11.7. The Hall–Kier alpha value is -1.61. The van der Waals surface area contributed by atoms with E-state index in [-0.39, 0.29) is 0 Å². The largest absolute Gasteiger partial charge is 0.492 e. The highest BCUT2D eigenvalue weighted by Crippen LogP contribution is 2.24. The van der Waals surface area contributed by atoms with E-state index in [4.69, 9.17) is 14.8 Å². The zero-order valence-electron chi connectivity index (χ0n) is 17.8. The van der Waals surface area contributed by atoms with Gasteiger partial charge < -0.3 is 9.84 Å². The van der Waals surface area contributed by atoms with Gasteiger partial charge in [0.05, 0.1) is 6.61 Å². The Labute approximate surface area is 171 Å². The lowest BCUT2D eigenvalue weighted by molar-refractivity contribution is 0.282. The molecule has 2 rings (SSSR count). The third-order valence-corrected chi connectivity index (χ3v) is 5.38. The number of unbranched alkanes of at least 4 members (excludes halogenated alkanes) is 11. The van der Waals surface area contributed by atoms with Gasteiger partial charge in [0.15, 0.2) is 0 Å². The van der Waals surface area contributed by atoms with E-state index in [2.05, 4.69) is 18.2 Å². The Balaban J connectivity index is 1.54. The molecule has 1 aromatic heterocycles. The molecule has 0 atom stereocenters. The van der Waals surface area contributed by atoms with Gasteiger partial charge in [-0.2, -0.15) is 0 Å². The van der Waals surface area contributed by atoms with Gasteiger partial charge in [-0.25, -0.2) is 4.98 Å². The van der Waals surface area contributed by atoms with Crippen molar-refractivity contribution >= 4 is 10.9 Å². The van der Waals surface area contributed by atoms with Gasteiger partial charge in [-0.15, -0.1) is 0 Å². The number of nitrogens with zero attached hydrogens (tertiary/aromatic N) is 1. The summed E-state index contributed by atoms with van der Waals surface area (Å²) >= 11 is 0. The molecule has 0 amide bonds. The van der Waals surface area contributed by atoms with Gasteiger partial charge in [0.1, 0.15) is 11.3 Å². The van der Waals surface area contributed by atoms with Crippen molar-refractivity contribution in [2.24, 2.45) is 0 Å². The predicted molar refractivity (Wildman–Crippen MR) is 119 cm³/mol. The molecule has 0 unspecified atom stereocenters. The number of ether oxygens (including phenoxy) is 1. The van der Waals surface area contributed by atoms with Crippen LogP contribution in [-0.2, 0) is 6.42 Å². The third-order valence-electron chi connectivity index (χ3n) is 5.38. The lowest BCUT2D eigenvalue weighted by Crippen LogP contribution is -1.96. The van der Waals surface area contributed by atoms with Crippen LogP contribution < -0.4 is 4.74 Å². The van der Waals surface area contributed by atoms with E-state index < -0.39 is 0 Å². The quantitative estimate of drug-likeness (QED) is 0.321. The van der Waals surface area contributed by atoms with Gasteiger partial charge in [-0.05, 0) is 38.3 Å². The van der Waals surface area contributed by atoms with Crippen LogP contribution in [0.25, 0.3) is 10.9 Å². The number of fused-ring (bicyclic) bond motifs is 1. The highest BCUT2D eigenvalue weighted by atomic mass is 16.5. The molecule has 3 heteroatoms. The number of aryl methyl sites for hydroxylation is 1. The van der Waals surface area contributed by atoms with Crippen LogP contribution in [0.4, 0.5) is 0 Å². The van der Waals surface area contributed by atoms with Crippen LogP contribution in [0.1, 0.15) is 89.7 Å². The van der Waals surface area contributed by atoms with Crippen LogP contribution in [0.5, 0.6) is 5.75 Å². The predicted octanol–water partition coefficient (Wildman–Crippen LogP) is 6.85. The average Bonchev–Trinajstić information content (AvgIpc) is 2.72. The molecule has 0 saturated carbocycles. The van der Waals surface area contributed by atoms with Crippen LogP contribution in [0, 0.1) is 0 Å². The number of hydrogen-bond donors (Lipinski definition) is 1. The van der Waals surface area contributed by atoms with E-state index >= 15 is 0 Å². The van der Waals surface area contributed by atoms with Crippen molar-refractivity contribution in [1.82, 2.24) is 4.98 Å². The first kappa shape index (κ1) is 22.7. The Bertz CT molecular complexity index is 656. The van der Waals surface area contributed by atoms with Gasteiger partial charge in [0.2, 0.25) is 0 Å². The van der Waals surface area contributed by atoms with Crippen molar-refractivity contribution in [3.63, 3.8) is 0 Å². The molecule has 0 fully saturated rings. The summed E-state index contributed by atoms with van der Waals surface area (Å²) in [5.41, 5.74) is 2.18. The Morgan fingerprint density at radius 2 is 1.36 bits per heavy atom. The molecule has 1 N–H and O–H groups in total. The monoisotopic (exact) mass is 385 g/mol. The molecule has 0 aliphatic rings. The second kappa shape index (κ2) is 14.4. The second-order valence-corrected chi connectivity index (χ2v) is 7.78. The molecule has 0 spiro atoms. The first-order chi connectivity index (χ1) is 13.8. The molecule has 28 heavy (non-hydrogen) atoms. The SMILES string of the molecule is CCOc1cccc2ccc(CCCCCCCCCCCCCCO)nc12. The molecule has 0 saturated heterocycles. The number of pyridine rings is 1. The first-order valence-electron chi connectivity index (χ1n) is 11.5. The summed E-state index contributed by atoms with van der Waals surface area (Å²) in [7, 11) is 0. The van der Waals surface area contributed by atoms with Crippen LogP contribution in [-0.4, -0.2) is 23.3 Å². The zero-order valence-corrected chi connectivity index (χ0v) is 17.8. The number of benzene rings is 1. The minimum absolute atomic E-state index is 0.352. The Morgan fingerprint density at radius 3 is 1.96 bits per heavy atom. The molecule has 0 radical (unpaired) electrons. The molecule has 0 aliphatic heterocycles. The van der Waals surface area contributed by atoms with Crippen molar-refractivity contribution in [2.75, 3.05) is 13.2 Å². The summed E-state index contributed by atoms with van der Waals surface area (Å²) in [4.78, 5) is 4.85. The molecular formula is C25H39NO2. The first-order valence-corrected chi connectivity index (χ1v) is 11.5. The maximum Gasteiger partial charge on any atom is 0.145 e. The maximum atomic E-state index is 8.76. The van der Waals surface area contributed by atoms with E-state index in [0.717, 1.165) is 29.5 Å². The van der Waals surface area contributed by atoms with Gasteiger partial charge >= 0.3 is 0 Å². The van der Waals surface area contributed by atoms with Gasteiger partial charge in [0.25, 0.3) is 0 Å². The minimum Gasteiger partial charge on any atom is -0.492 e. The average molecular weight is 386 g/mol. The summed E-state index contributed by atoms with van der Waals surface area (Å²) in [6.07, 6.45) is 16.6. The number of para-hydroxylation sites is 1. The number of rotatable bonds is 16. The molecular weight excluding hydrogens is 346 g/mol. The number of aliphatic hydroxyl groups is 1. The van der Waals surface area contributed by atoms with Crippen molar-refractivity contribution in [3.05, 3.63) is 36.0 Å². The summed E-state index contributed by atoms with van der Waals surface area (Å²) in [5, 5.41) is 9.91.